The van der Waals surface area contributed by atoms with Gasteiger partial charge in [-0.05, 0) is 38.6 Å². The lowest BCUT2D eigenvalue weighted by atomic mass is 10.1. The summed E-state index contributed by atoms with van der Waals surface area (Å²) in [6.45, 7) is 5.90. The Bertz CT molecular complexity index is 358. The first-order valence-corrected chi connectivity index (χ1v) is 7.37. The topological polar surface area (TPSA) is 127 Å². The van der Waals surface area contributed by atoms with Gasteiger partial charge in [-0.2, -0.15) is 0 Å². The summed E-state index contributed by atoms with van der Waals surface area (Å²) in [6, 6.07) is -1.43. The van der Waals surface area contributed by atoms with Gasteiger partial charge in [0.15, 0.2) is 0 Å². The van der Waals surface area contributed by atoms with E-state index in [0.717, 1.165) is 12.8 Å². The fourth-order valence-corrected chi connectivity index (χ4v) is 1.77. The summed E-state index contributed by atoms with van der Waals surface area (Å²) in [6.07, 6.45) is 2.33. The number of unbranched alkanes of at least 4 members (excludes halogenated alkanes) is 1. The maximum absolute atomic E-state index is 12.1. The summed E-state index contributed by atoms with van der Waals surface area (Å²) < 4.78 is 0. The molecule has 0 aliphatic rings. The van der Waals surface area contributed by atoms with E-state index in [1.165, 1.54) is 6.92 Å². The van der Waals surface area contributed by atoms with Gasteiger partial charge in [0.25, 0.3) is 0 Å². The maximum Gasteiger partial charge on any atom is 0.243 e. The molecule has 0 aromatic rings. The standard InChI is InChI=1S/C14H28N4O3/c1-9(2)8-12(19)18-11(6-4-5-7-15)14(21)17-10(3)13(16)20/h9-11H,4-8,15H2,1-3H3,(H2,16,20)(H,17,21)(H,18,19)/t10-,11?/m0/s1. The van der Waals surface area contributed by atoms with E-state index < -0.39 is 23.9 Å². The number of primary amides is 1. The molecule has 7 heteroatoms. The van der Waals surface area contributed by atoms with Gasteiger partial charge in [0, 0.05) is 6.42 Å². The summed E-state index contributed by atoms with van der Waals surface area (Å²) >= 11 is 0. The van der Waals surface area contributed by atoms with Crippen LogP contribution in [0.1, 0.15) is 46.5 Å². The molecule has 2 atom stereocenters. The zero-order valence-corrected chi connectivity index (χ0v) is 13.1. The van der Waals surface area contributed by atoms with E-state index in [4.69, 9.17) is 11.5 Å². The van der Waals surface area contributed by atoms with E-state index in [0.29, 0.717) is 19.4 Å². The van der Waals surface area contributed by atoms with Gasteiger partial charge in [0.05, 0.1) is 0 Å². The monoisotopic (exact) mass is 300 g/mol. The molecular weight excluding hydrogens is 272 g/mol. The molecule has 0 heterocycles. The van der Waals surface area contributed by atoms with Crippen molar-refractivity contribution in [1.82, 2.24) is 10.6 Å². The third kappa shape index (κ3) is 9.01. The van der Waals surface area contributed by atoms with E-state index >= 15 is 0 Å². The van der Waals surface area contributed by atoms with Crippen LogP contribution >= 0.6 is 0 Å². The smallest absolute Gasteiger partial charge is 0.243 e. The molecule has 3 amide bonds. The Hall–Kier alpha value is -1.63. The van der Waals surface area contributed by atoms with Crippen LogP contribution in [-0.4, -0.2) is 36.3 Å². The number of rotatable bonds is 10. The number of carbonyl (C=O) groups excluding carboxylic acids is 3. The number of hydrogen-bond donors (Lipinski definition) is 4. The SMILES string of the molecule is CC(C)CC(=O)NC(CCCCN)C(=O)N[C@@H](C)C(N)=O. The highest BCUT2D eigenvalue weighted by molar-refractivity contribution is 5.91. The summed E-state index contributed by atoms with van der Waals surface area (Å²) in [5, 5.41) is 5.21. The molecule has 0 aliphatic heterocycles. The van der Waals surface area contributed by atoms with E-state index in [1.807, 2.05) is 13.8 Å². The van der Waals surface area contributed by atoms with Crippen molar-refractivity contribution in [2.24, 2.45) is 17.4 Å². The van der Waals surface area contributed by atoms with Gasteiger partial charge in [0.1, 0.15) is 12.1 Å². The molecule has 0 aromatic carbocycles. The highest BCUT2D eigenvalue weighted by Gasteiger charge is 2.23. The summed E-state index contributed by atoms with van der Waals surface area (Å²) in [7, 11) is 0. The quantitative estimate of drug-likeness (QED) is 0.411. The number of nitrogens with two attached hydrogens (primary N) is 2. The average molecular weight is 300 g/mol. The second-order valence-electron chi connectivity index (χ2n) is 5.64. The highest BCUT2D eigenvalue weighted by Crippen LogP contribution is 2.04. The summed E-state index contributed by atoms with van der Waals surface area (Å²) in [5.74, 6) is -0.972. The lowest BCUT2D eigenvalue weighted by Crippen LogP contribution is -2.52. The highest BCUT2D eigenvalue weighted by atomic mass is 16.2. The molecule has 21 heavy (non-hydrogen) atoms. The van der Waals surface area contributed by atoms with Crippen LogP contribution in [0, 0.1) is 5.92 Å². The molecule has 122 valence electrons. The molecule has 0 fully saturated rings. The Balaban J connectivity index is 4.59. The van der Waals surface area contributed by atoms with Crippen LogP contribution < -0.4 is 22.1 Å². The van der Waals surface area contributed by atoms with Gasteiger partial charge in [-0.15, -0.1) is 0 Å². The van der Waals surface area contributed by atoms with Crippen molar-refractivity contribution in [2.45, 2.75) is 58.5 Å². The lowest BCUT2D eigenvalue weighted by Gasteiger charge is -2.20. The number of carbonyl (C=O) groups is 3. The van der Waals surface area contributed by atoms with Crippen LogP contribution in [0.4, 0.5) is 0 Å². The van der Waals surface area contributed by atoms with Gasteiger partial charge in [-0.25, -0.2) is 0 Å². The number of nitrogens with one attached hydrogen (secondary N) is 2. The summed E-state index contributed by atoms with van der Waals surface area (Å²) in [5.41, 5.74) is 10.5. The van der Waals surface area contributed by atoms with E-state index in [1.54, 1.807) is 0 Å². The van der Waals surface area contributed by atoms with Crippen LogP contribution in [0.5, 0.6) is 0 Å². The third-order valence-corrected chi connectivity index (χ3v) is 2.98. The third-order valence-electron chi connectivity index (χ3n) is 2.98. The van der Waals surface area contributed by atoms with Crippen molar-refractivity contribution in [3.05, 3.63) is 0 Å². The van der Waals surface area contributed by atoms with Gasteiger partial charge < -0.3 is 22.1 Å². The zero-order valence-electron chi connectivity index (χ0n) is 13.1. The van der Waals surface area contributed by atoms with Crippen molar-refractivity contribution in [3.8, 4) is 0 Å². The fourth-order valence-electron chi connectivity index (χ4n) is 1.77. The van der Waals surface area contributed by atoms with Crippen LogP contribution in [0.3, 0.4) is 0 Å². The minimum atomic E-state index is -0.767. The average Bonchev–Trinajstić information content (AvgIpc) is 2.36. The zero-order chi connectivity index (χ0) is 16.4. The predicted molar refractivity (Wildman–Crippen MR) is 81.1 cm³/mol. The van der Waals surface area contributed by atoms with Crippen molar-refractivity contribution in [1.29, 1.82) is 0 Å². The first-order chi connectivity index (χ1) is 9.77. The fraction of sp³-hybridized carbons (Fsp3) is 0.786. The van der Waals surface area contributed by atoms with Crippen molar-refractivity contribution >= 4 is 17.7 Å². The molecule has 0 aromatic heterocycles. The molecule has 0 aliphatic carbocycles. The van der Waals surface area contributed by atoms with Gasteiger partial charge in [0.2, 0.25) is 17.7 Å². The minimum absolute atomic E-state index is 0.176. The number of amides is 3. The van der Waals surface area contributed by atoms with Crippen molar-refractivity contribution in [2.75, 3.05) is 6.54 Å². The van der Waals surface area contributed by atoms with Crippen molar-refractivity contribution in [3.63, 3.8) is 0 Å². The Morgan fingerprint density at radius 2 is 1.67 bits per heavy atom. The molecule has 0 saturated heterocycles. The van der Waals surface area contributed by atoms with Crippen LogP contribution in [0.2, 0.25) is 0 Å². The molecule has 6 N–H and O–H groups in total. The Labute approximate surface area is 126 Å². The largest absolute Gasteiger partial charge is 0.368 e. The molecule has 1 unspecified atom stereocenters. The van der Waals surface area contributed by atoms with Gasteiger partial charge in [-0.3, -0.25) is 14.4 Å². The van der Waals surface area contributed by atoms with Crippen LogP contribution in [0.25, 0.3) is 0 Å². The second-order valence-corrected chi connectivity index (χ2v) is 5.64. The van der Waals surface area contributed by atoms with Crippen LogP contribution in [-0.2, 0) is 14.4 Å². The first-order valence-electron chi connectivity index (χ1n) is 7.37. The molecule has 7 nitrogen and oxygen atoms in total. The normalized spacial score (nSPS) is 13.6. The van der Waals surface area contributed by atoms with Crippen LogP contribution in [0.15, 0.2) is 0 Å². The Morgan fingerprint density at radius 3 is 2.14 bits per heavy atom. The van der Waals surface area contributed by atoms with E-state index in [-0.39, 0.29) is 11.8 Å². The molecule has 0 rings (SSSR count). The summed E-state index contributed by atoms with van der Waals surface area (Å²) in [4.78, 5) is 34.9. The van der Waals surface area contributed by atoms with Gasteiger partial charge >= 0.3 is 0 Å². The van der Waals surface area contributed by atoms with E-state index in [9.17, 15) is 14.4 Å². The second kappa shape index (κ2) is 10.1. The minimum Gasteiger partial charge on any atom is -0.368 e. The van der Waals surface area contributed by atoms with E-state index in [2.05, 4.69) is 10.6 Å². The Kier molecular flexibility index (Phi) is 9.36. The molecule has 0 bridgehead atoms. The number of hydrogen-bond acceptors (Lipinski definition) is 4. The molecule has 0 spiro atoms. The molecule has 0 radical (unpaired) electrons. The lowest BCUT2D eigenvalue weighted by molar-refractivity contribution is -0.131. The maximum atomic E-state index is 12.1. The first kappa shape index (κ1) is 19.4. The predicted octanol–water partition coefficient (Wildman–Crippen LogP) is -0.364. The molecular formula is C14H28N4O3. The molecule has 0 saturated carbocycles. The Morgan fingerprint density at radius 1 is 1.05 bits per heavy atom. The van der Waals surface area contributed by atoms with Gasteiger partial charge in [-0.1, -0.05) is 13.8 Å². The van der Waals surface area contributed by atoms with Crippen molar-refractivity contribution < 1.29 is 14.4 Å².